The molecule has 0 fully saturated rings. The highest BCUT2D eigenvalue weighted by Gasteiger charge is 2.51. The fraction of sp³-hybridized carbons (Fsp3) is 0.214. The van der Waals surface area contributed by atoms with Crippen LogP contribution in [0.1, 0.15) is 45.2 Å². The standard InChI is InChI=1S/C28H26N2O4/c1-17-18(2)26(30-15-7-6-8-25(17)30)28(20-9-12-22(13-10-20)33-19(3)31)24-14-11-21(29(4)5)16-23(24)27(32)34-28/h6-16H,1-5H3. The molecular formula is C28H26N2O4. The molecule has 0 saturated carbocycles. The average Bonchev–Trinajstić information content (AvgIpc) is 3.25. The van der Waals surface area contributed by atoms with Crippen LogP contribution in [0.2, 0.25) is 0 Å². The topological polar surface area (TPSA) is 60.2 Å². The molecule has 1 aliphatic rings. The zero-order valence-corrected chi connectivity index (χ0v) is 19.9. The summed E-state index contributed by atoms with van der Waals surface area (Å²) in [4.78, 5) is 26.7. The minimum Gasteiger partial charge on any atom is -0.439 e. The molecule has 1 unspecified atom stereocenters. The van der Waals surface area contributed by atoms with Crippen LogP contribution in [0.4, 0.5) is 5.69 Å². The van der Waals surface area contributed by atoms with E-state index in [1.807, 2.05) is 67.7 Å². The molecule has 5 rings (SSSR count). The van der Waals surface area contributed by atoms with E-state index in [0.29, 0.717) is 11.3 Å². The van der Waals surface area contributed by atoms with E-state index in [1.165, 1.54) is 6.92 Å². The third-order valence-electron chi connectivity index (χ3n) is 6.62. The number of hydrogen-bond acceptors (Lipinski definition) is 5. The minimum atomic E-state index is -1.16. The Bertz CT molecular complexity index is 1450. The fourth-order valence-electron chi connectivity index (χ4n) is 4.91. The molecule has 2 aromatic heterocycles. The maximum Gasteiger partial charge on any atom is 0.340 e. The summed E-state index contributed by atoms with van der Waals surface area (Å²) in [6.07, 6.45) is 2.00. The summed E-state index contributed by atoms with van der Waals surface area (Å²) in [6, 6.07) is 19.1. The van der Waals surface area contributed by atoms with Crippen molar-refractivity contribution in [2.45, 2.75) is 26.4 Å². The molecule has 0 aliphatic carbocycles. The summed E-state index contributed by atoms with van der Waals surface area (Å²) < 4.78 is 13.7. The van der Waals surface area contributed by atoms with Gasteiger partial charge < -0.3 is 18.8 Å². The number of aryl methyl sites for hydroxylation is 1. The molecule has 3 heterocycles. The fourth-order valence-corrected chi connectivity index (χ4v) is 4.91. The summed E-state index contributed by atoms with van der Waals surface area (Å²) in [5.74, 6) is -0.321. The predicted molar refractivity (Wildman–Crippen MR) is 131 cm³/mol. The van der Waals surface area contributed by atoms with Crippen molar-refractivity contribution in [3.8, 4) is 5.75 Å². The first-order chi connectivity index (χ1) is 16.2. The number of nitrogens with zero attached hydrogens (tertiary/aromatic N) is 2. The third-order valence-corrected chi connectivity index (χ3v) is 6.62. The van der Waals surface area contributed by atoms with E-state index >= 15 is 0 Å². The monoisotopic (exact) mass is 454 g/mol. The first-order valence-electron chi connectivity index (χ1n) is 11.1. The number of ether oxygens (including phenoxy) is 2. The number of esters is 2. The van der Waals surface area contributed by atoms with Gasteiger partial charge in [0, 0.05) is 49.5 Å². The van der Waals surface area contributed by atoms with Gasteiger partial charge in [0.1, 0.15) is 5.75 Å². The van der Waals surface area contributed by atoms with Gasteiger partial charge in [-0.3, -0.25) is 4.79 Å². The van der Waals surface area contributed by atoms with Crippen LogP contribution in [0.5, 0.6) is 5.75 Å². The lowest BCUT2D eigenvalue weighted by molar-refractivity contribution is -0.131. The number of hydrogen-bond donors (Lipinski definition) is 0. The van der Waals surface area contributed by atoms with Crippen molar-refractivity contribution in [1.82, 2.24) is 4.40 Å². The minimum absolute atomic E-state index is 0.370. The lowest BCUT2D eigenvalue weighted by Crippen LogP contribution is -2.32. The van der Waals surface area contributed by atoms with E-state index in [4.69, 9.17) is 9.47 Å². The Labute approximate surface area is 198 Å². The highest BCUT2D eigenvalue weighted by atomic mass is 16.6. The molecule has 6 heteroatoms. The van der Waals surface area contributed by atoms with E-state index in [0.717, 1.165) is 39.2 Å². The number of fused-ring (bicyclic) bond motifs is 2. The van der Waals surface area contributed by atoms with E-state index in [-0.39, 0.29) is 11.9 Å². The SMILES string of the molecule is CC(=O)Oc1ccc(C2(c3c(C)c(C)c4ccccn34)OC(=O)c3cc(N(C)C)ccc32)cc1. The molecule has 0 saturated heterocycles. The summed E-state index contributed by atoms with van der Waals surface area (Å²) >= 11 is 0. The molecule has 0 spiro atoms. The van der Waals surface area contributed by atoms with Crippen LogP contribution in [0, 0.1) is 13.8 Å². The van der Waals surface area contributed by atoms with E-state index in [9.17, 15) is 9.59 Å². The van der Waals surface area contributed by atoms with Crippen molar-refractivity contribution in [2.75, 3.05) is 19.0 Å². The molecule has 0 radical (unpaired) electrons. The van der Waals surface area contributed by atoms with Crippen molar-refractivity contribution in [2.24, 2.45) is 0 Å². The maximum atomic E-state index is 13.3. The van der Waals surface area contributed by atoms with Crippen molar-refractivity contribution in [3.05, 3.63) is 100 Å². The van der Waals surface area contributed by atoms with Gasteiger partial charge in [-0.15, -0.1) is 0 Å². The number of pyridine rings is 1. The molecule has 172 valence electrons. The Hall–Kier alpha value is -4.06. The summed E-state index contributed by atoms with van der Waals surface area (Å²) in [7, 11) is 3.88. The number of carbonyl (C=O) groups is 2. The predicted octanol–water partition coefficient (Wildman–Crippen LogP) is 5.01. The number of aromatic nitrogens is 1. The van der Waals surface area contributed by atoms with Gasteiger partial charge >= 0.3 is 11.9 Å². The van der Waals surface area contributed by atoms with E-state index in [2.05, 4.69) is 24.3 Å². The molecule has 0 amide bonds. The number of carbonyl (C=O) groups excluding carboxylic acids is 2. The second-order valence-corrected chi connectivity index (χ2v) is 8.87. The van der Waals surface area contributed by atoms with E-state index < -0.39 is 5.60 Å². The zero-order valence-electron chi connectivity index (χ0n) is 19.9. The van der Waals surface area contributed by atoms with Crippen LogP contribution in [-0.2, 0) is 15.1 Å². The quantitative estimate of drug-likeness (QED) is 0.320. The summed E-state index contributed by atoms with van der Waals surface area (Å²) in [5.41, 5.74) is 5.98. The largest absolute Gasteiger partial charge is 0.439 e. The van der Waals surface area contributed by atoms with Crippen LogP contribution in [0.3, 0.4) is 0 Å². The Morgan fingerprint density at radius 1 is 1.00 bits per heavy atom. The molecule has 1 aliphatic heterocycles. The number of benzene rings is 2. The van der Waals surface area contributed by atoms with Gasteiger partial charge in [0.25, 0.3) is 0 Å². The first kappa shape index (κ1) is 21.8. The van der Waals surface area contributed by atoms with Gasteiger partial charge in [-0.05, 0) is 61.4 Å². The Balaban J connectivity index is 1.84. The van der Waals surface area contributed by atoms with Crippen molar-refractivity contribution in [3.63, 3.8) is 0 Å². The molecular weight excluding hydrogens is 428 g/mol. The van der Waals surface area contributed by atoms with Gasteiger partial charge in [0.2, 0.25) is 5.60 Å². The number of anilines is 1. The Kier molecular flexibility index (Phi) is 4.97. The van der Waals surface area contributed by atoms with Crippen LogP contribution >= 0.6 is 0 Å². The zero-order chi connectivity index (χ0) is 24.2. The lowest BCUT2D eigenvalue weighted by Gasteiger charge is -2.31. The maximum absolute atomic E-state index is 13.3. The van der Waals surface area contributed by atoms with Gasteiger partial charge in [0.15, 0.2) is 0 Å². The van der Waals surface area contributed by atoms with Crippen molar-refractivity contribution < 1.29 is 19.1 Å². The molecule has 4 aromatic rings. The highest BCUT2D eigenvalue weighted by Crippen LogP contribution is 2.50. The van der Waals surface area contributed by atoms with Gasteiger partial charge in [-0.25, -0.2) is 4.79 Å². The highest BCUT2D eigenvalue weighted by molar-refractivity contribution is 5.97. The Morgan fingerprint density at radius 3 is 2.41 bits per heavy atom. The normalized spacial score (nSPS) is 16.9. The molecule has 0 bridgehead atoms. The van der Waals surface area contributed by atoms with Gasteiger partial charge in [-0.2, -0.15) is 0 Å². The lowest BCUT2D eigenvalue weighted by atomic mass is 9.81. The van der Waals surface area contributed by atoms with Crippen LogP contribution in [0.15, 0.2) is 66.9 Å². The molecule has 2 aromatic carbocycles. The van der Waals surface area contributed by atoms with Crippen molar-refractivity contribution >= 4 is 23.1 Å². The Morgan fingerprint density at radius 2 is 1.74 bits per heavy atom. The van der Waals surface area contributed by atoms with Crippen molar-refractivity contribution in [1.29, 1.82) is 0 Å². The van der Waals surface area contributed by atoms with E-state index in [1.54, 1.807) is 12.1 Å². The molecule has 6 nitrogen and oxygen atoms in total. The summed E-state index contributed by atoms with van der Waals surface area (Å²) in [6.45, 7) is 5.51. The molecule has 34 heavy (non-hydrogen) atoms. The smallest absolute Gasteiger partial charge is 0.340 e. The van der Waals surface area contributed by atoms with Crippen LogP contribution in [-0.4, -0.2) is 30.4 Å². The second-order valence-electron chi connectivity index (χ2n) is 8.87. The van der Waals surface area contributed by atoms with Gasteiger partial charge in [0.05, 0.1) is 11.3 Å². The molecule has 1 atom stereocenters. The first-order valence-corrected chi connectivity index (χ1v) is 11.1. The van der Waals surface area contributed by atoms with Crippen LogP contribution in [0.25, 0.3) is 5.52 Å². The van der Waals surface area contributed by atoms with Crippen LogP contribution < -0.4 is 9.64 Å². The molecule has 0 N–H and O–H groups in total. The number of rotatable bonds is 4. The number of cyclic esters (lactones) is 1. The summed E-state index contributed by atoms with van der Waals surface area (Å²) in [5, 5.41) is 0. The second kappa shape index (κ2) is 7.76. The average molecular weight is 455 g/mol. The van der Waals surface area contributed by atoms with Gasteiger partial charge in [-0.1, -0.05) is 24.3 Å². The third kappa shape index (κ3) is 3.10.